The molecule has 3 aliphatic rings. The van der Waals surface area contributed by atoms with Crippen LogP contribution in [0.15, 0.2) is 146 Å². The summed E-state index contributed by atoms with van der Waals surface area (Å²) >= 11 is 0. The zero-order valence-corrected chi connectivity index (χ0v) is 47.2. The Morgan fingerprint density at radius 3 is 1.64 bits per heavy atom. The lowest BCUT2D eigenvalue weighted by Gasteiger charge is -2.52. The predicted octanol–water partition coefficient (Wildman–Crippen LogP) is 9.80. The van der Waals surface area contributed by atoms with Crippen molar-refractivity contribution in [3.8, 4) is 11.5 Å². The summed E-state index contributed by atoms with van der Waals surface area (Å²) in [6.45, 7) is 12.0. The van der Waals surface area contributed by atoms with Gasteiger partial charge in [-0.25, -0.2) is 4.79 Å². The minimum Gasteiger partial charge on any atom is -0.497 e. The van der Waals surface area contributed by atoms with Crippen LogP contribution >= 0.6 is 0 Å². The molecule has 432 valence electrons. The fraction of sp³-hybridized carbons (Fsp3) is 0.500. The van der Waals surface area contributed by atoms with E-state index in [0.29, 0.717) is 17.9 Å². The zero-order valence-electron chi connectivity index (χ0n) is 47.2. The van der Waals surface area contributed by atoms with Crippen molar-refractivity contribution in [1.82, 2.24) is 0 Å². The van der Waals surface area contributed by atoms with Crippen molar-refractivity contribution in [3.63, 3.8) is 0 Å². The molecule has 1 N–H and O–H groups in total. The number of aliphatic hydroxyl groups is 1. The summed E-state index contributed by atoms with van der Waals surface area (Å²) in [7, 11) is 2.88. The molecule has 16 atom stereocenters. The second-order valence-electron chi connectivity index (χ2n) is 21.2. The van der Waals surface area contributed by atoms with Crippen LogP contribution in [0.3, 0.4) is 0 Å². The van der Waals surface area contributed by atoms with Crippen LogP contribution in [-0.4, -0.2) is 118 Å². The topological polar surface area (TPSA) is 174 Å². The Morgan fingerprint density at radius 1 is 0.625 bits per heavy atom. The van der Waals surface area contributed by atoms with Crippen LogP contribution in [0.25, 0.3) is 0 Å². The summed E-state index contributed by atoms with van der Waals surface area (Å²) in [6.07, 6.45) is -10.6. The van der Waals surface area contributed by atoms with E-state index in [2.05, 4.69) is 0 Å². The number of rotatable bonds is 26. The van der Waals surface area contributed by atoms with E-state index < -0.39 is 97.1 Å². The van der Waals surface area contributed by atoms with Crippen LogP contribution in [0.4, 0.5) is 0 Å². The summed E-state index contributed by atoms with van der Waals surface area (Å²) in [5.74, 6) is -3.36. The SMILES string of the molecule is CC[C@@H](OC(C)=O)[C@@H](C)[C@@H]1O[C@@](O[C@@H]2C(OCc3ccccc3)[C@H](O[C@@H]3C(COCc4ccccc4)O[C@H](Oc4ccc(OC)cc4)C(OCc4ccccc4)C3C)OC(COCc3ccccc3)[C@@H]2O)(C(=O)OC)CC(C)[C@@H]1C. The molecule has 5 aromatic rings. The fourth-order valence-corrected chi connectivity index (χ4v) is 10.9. The minimum absolute atomic E-state index is 0.0249. The quantitative estimate of drug-likeness (QED) is 0.0518. The van der Waals surface area contributed by atoms with Gasteiger partial charge in [0, 0.05) is 25.2 Å². The molecular formula is C64H80O16. The lowest BCUT2D eigenvalue weighted by atomic mass is 9.76. The van der Waals surface area contributed by atoms with Crippen LogP contribution in [0.5, 0.6) is 11.5 Å². The van der Waals surface area contributed by atoms with Gasteiger partial charge in [-0.05, 0) is 64.8 Å². The van der Waals surface area contributed by atoms with Gasteiger partial charge in [0.05, 0.1) is 66.1 Å². The lowest BCUT2D eigenvalue weighted by molar-refractivity contribution is -0.388. The maximum Gasteiger partial charge on any atom is 0.366 e. The standard InChI is InChI=1S/C64H80O16/c1-9-52(74-45(6)65)43(4)56-42(3)41(2)34-64(79-56,63(67)69-8)80-59-55(66)53(39-70-35-46-22-14-10-15-23-46)76-62(60(59)73-38-49-28-20-13-21-29-49)78-57-44(5)58(72-37-48-26-18-12-19-27-48)61(75-51-32-30-50(68-7)31-33-51)77-54(57)40-71-36-47-24-16-11-17-25-47/h10-33,41-44,52-62,66H,9,34-40H2,1-8H3/t41?,42-,43+,44?,52+,53?,54?,55-,56+,57-,58?,59-,60?,61-,62-,64-/m0/s1. The van der Waals surface area contributed by atoms with Crippen LogP contribution in [0.1, 0.15) is 76.6 Å². The highest BCUT2D eigenvalue weighted by Crippen LogP contribution is 2.45. The van der Waals surface area contributed by atoms with Crippen molar-refractivity contribution in [2.75, 3.05) is 27.4 Å². The Hall–Kier alpha value is -5.76. The molecule has 0 aromatic heterocycles. The first-order valence-corrected chi connectivity index (χ1v) is 27.9. The average Bonchev–Trinajstić information content (AvgIpc) is 3.49. The molecule has 0 spiro atoms. The van der Waals surface area contributed by atoms with Crippen molar-refractivity contribution in [2.45, 2.75) is 154 Å². The summed E-state index contributed by atoms with van der Waals surface area (Å²) < 4.78 is 85.6. The van der Waals surface area contributed by atoms with Crippen LogP contribution in [0, 0.1) is 23.7 Å². The monoisotopic (exact) mass is 1100 g/mol. The van der Waals surface area contributed by atoms with Gasteiger partial charge in [0.1, 0.15) is 54.2 Å². The third-order valence-corrected chi connectivity index (χ3v) is 15.5. The van der Waals surface area contributed by atoms with Gasteiger partial charge in [0.2, 0.25) is 6.29 Å². The number of carbonyl (C=O) groups excluding carboxylic acids is 2. The summed E-state index contributed by atoms with van der Waals surface area (Å²) in [5, 5.41) is 12.9. The van der Waals surface area contributed by atoms with Gasteiger partial charge >= 0.3 is 11.9 Å². The van der Waals surface area contributed by atoms with Crippen LogP contribution < -0.4 is 9.47 Å². The number of aliphatic hydroxyl groups excluding tert-OH is 1. The third kappa shape index (κ3) is 15.6. The van der Waals surface area contributed by atoms with Crippen LogP contribution in [0.2, 0.25) is 0 Å². The van der Waals surface area contributed by atoms with E-state index in [1.54, 1.807) is 7.11 Å². The molecule has 16 nitrogen and oxygen atoms in total. The first kappa shape index (κ1) is 60.3. The van der Waals surface area contributed by atoms with Gasteiger partial charge in [-0.15, -0.1) is 0 Å². The molecule has 80 heavy (non-hydrogen) atoms. The molecule has 0 radical (unpaired) electrons. The van der Waals surface area contributed by atoms with E-state index in [-0.39, 0.29) is 57.9 Å². The van der Waals surface area contributed by atoms with Gasteiger partial charge in [0.25, 0.3) is 5.79 Å². The maximum atomic E-state index is 14.7. The number of methoxy groups -OCH3 is 2. The number of esters is 2. The predicted molar refractivity (Wildman–Crippen MR) is 296 cm³/mol. The molecule has 8 rings (SSSR count). The van der Waals surface area contributed by atoms with E-state index in [9.17, 15) is 14.7 Å². The van der Waals surface area contributed by atoms with Crippen molar-refractivity contribution < 1.29 is 76.3 Å². The summed E-state index contributed by atoms with van der Waals surface area (Å²) in [5.41, 5.74) is 3.62. The number of hydrogen-bond acceptors (Lipinski definition) is 16. The molecule has 3 heterocycles. The van der Waals surface area contributed by atoms with Crippen molar-refractivity contribution in [3.05, 3.63) is 168 Å². The molecule has 0 saturated carbocycles. The maximum absolute atomic E-state index is 14.7. The zero-order chi connectivity index (χ0) is 56.6. The molecule has 3 saturated heterocycles. The Kier molecular flexibility index (Phi) is 22.1. The number of carbonyl (C=O) groups is 2. The lowest BCUT2D eigenvalue weighted by Crippen LogP contribution is -2.67. The highest BCUT2D eigenvalue weighted by molar-refractivity contribution is 5.78. The summed E-state index contributed by atoms with van der Waals surface area (Å²) in [6, 6.07) is 46.1. The largest absolute Gasteiger partial charge is 0.497 e. The van der Waals surface area contributed by atoms with Gasteiger partial charge in [-0.1, -0.05) is 156 Å². The Labute approximate surface area is 471 Å². The number of benzene rings is 5. The Bertz CT molecular complexity index is 2610. The molecule has 0 bridgehead atoms. The number of hydrogen-bond donors (Lipinski definition) is 1. The molecule has 3 aliphatic heterocycles. The molecule has 0 aliphatic carbocycles. The van der Waals surface area contributed by atoms with E-state index in [4.69, 9.17) is 61.6 Å². The third-order valence-electron chi connectivity index (χ3n) is 15.5. The van der Waals surface area contributed by atoms with Crippen molar-refractivity contribution >= 4 is 11.9 Å². The van der Waals surface area contributed by atoms with E-state index in [1.807, 2.05) is 180 Å². The van der Waals surface area contributed by atoms with E-state index in [1.165, 1.54) is 14.0 Å². The van der Waals surface area contributed by atoms with Crippen molar-refractivity contribution in [2.24, 2.45) is 23.7 Å². The molecule has 5 aromatic carbocycles. The second kappa shape index (κ2) is 29.3. The smallest absolute Gasteiger partial charge is 0.366 e. The molecule has 6 unspecified atom stereocenters. The van der Waals surface area contributed by atoms with Gasteiger partial charge in [-0.2, -0.15) is 0 Å². The van der Waals surface area contributed by atoms with Gasteiger partial charge in [0.15, 0.2) is 6.29 Å². The molecular weight excluding hydrogens is 1020 g/mol. The summed E-state index contributed by atoms with van der Waals surface area (Å²) in [4.78, 5) is 27.0. The average molecular weight is 1110 g/mol. The Balaban J connectivity index is 1.20. The second-order valence-corrected chi connectivity index (χ2v) is 21.2. The molecule has 3 fully saturated rings. The van der Waals surface area contributed by atoms with E-state index >= 15 is 0 Å². The first-order chi connectivity index (χ1) is 38.8. The first-order valence-electron chi connectivity index (χ1n) is 27.9. The minimum atomic E-state index is -2.09. The van der Waals surface area contributed by atoms with Gasteiger partial charge < -0.3 is 66.7 Å². The van der Waals surface area contributed by atoms with Gasteiger partial charge in [-0.3, -0.25) is 4.79 Å². The Morgan fingerprint density at radius 2 is 1.12 bits per heavy atom. The molecule has 16 heteroatoms. The number of ether oxygens (including phenoxy) is 13. The van der Waals surface area contributed by atoms with Crippen molar-refractivity contribution in [1.29, 1.82) is 0 Å². The van der Waals surface area contributed by atoms with Crippen LogP contribution in [-0.2, 0) is 88.1 Å². The fourth-order valence-electron chi connectivity index (χ4n) is 10.9. The molecule has 0 amide bonds. The highest BCUT2D eigenvalue weighted by atomic mass is 16.8. The van der Waals surface area contributed by atoms with E-state index in [0.717, 1.165) is 22.3 Å². The normalized spacial score (nSPS) is 29.4. The highest BCUT2D eigenvalue weighted by Gasteiger charge is 2.59.